The lowest BCUT2D eigenvalue weighted by Crippen LogP contribution is -2.14. The summed E-state index contributed by atoms with van der Waals surface area (Å²) in [7, 11) is 0. The van der Waals surface area contributed by atoms with Gasteiger partial charge in [-0.3, -0.25) is 4.79 Å². The average Bonchev–Trinajstić information content (AvgIpc) is 3.30. The maximum Gasteiger partial charge on any atom is 0.231 e. The van der Waals surface area contributed by atoms with Crippen LogP contribution >= 0.6 is 34.7 Å². The zero-order chi connectivity index (χ0) is 18.6. The normalized spacial score (nSPS) is 12.2. The summed E-state index contributed by atoms with van der Waals surface area (Å²) >= 11 is 9.09. The molecule has 1 amide bonds. The molecule has 2 heterocycles. The van der Waals surface area contributed by atoms with Crippen molar-refractivity contribution in [1.29, 1.82) is 0 Å². The van der Waals surface area contributed by atoms with Gasteiger partial charge in [-0.1, -0.05) is 35.5 Å². The molecule has 1 aliphatic heterocycles. The number of amides is 1. The minimum atomic E-state index is -0.117. The molecule has 0 spiro atoms. The number of halogens is 1. The monoisotopic (exact) mass is 418 g/mol. The molecule has 1 aliphatic rings. The molecule has 0 radical (unpaired) electrons. The van der Waals surface area contributed by atoms with E-state index in [2.05, 4.69) is 10.3 Å². The number of hydrogen-bond acceptors (Lipinski definition) is 6. The van der Waals surface area contributed by atoms with Crippen LogP contribution in [0, 0.1) is 0 Å². The summed E-state index contributed by atoms with van der Waals surface area (Å²) in [6, 6.07) is 13.1. The van der Waals surface area contributed by atoms with Gasteiger partial charge in [-0.2, -0.15) is 0 Å². The topological polar surface area (TPSA) is 60.5 Å². The van der Waals surface area contributed by atoms with Crippen LogP contribution in [0.15, 0.2) is 52.2 Å². The smallest absolute Gasteiger partial charge is 0.231 e. The van der Waals surface area contributed by atoms with Crippen molar-refractivity contribution in [3.63, 3.8) is 0 Å². The molecule has 8 heteroatoms. The second-order valence-electron chi connectivity index (χ2n) is 5.81. The van der Waals surface area contributed by atoms with Crippen LogP contribution in [-0.4, -0.2) is 17.7 Å². The summed E-state index contributed by atoms with van der Waals surface area (Å²) in [5.41, 5.74) is 2.62. The molecule has 4 rings (SSSR count). The number of fused-ring (bicyclic) bond motifs is 1. The molecule has 27 heavy (non-hydrogen) atoms. The second-order valence-corrected chi connectivity index (χ2v) is 8.33. The van der Waals surface area contributed by atoms with E-state index in [0.29, 0.717) is 17.2 Å². The van der Waals surface area contributed by atoms with Crippen LogP contribution < -0.4 is 14.8 Å². The van der Waals surface area contributed by atoms with Gasteiger partial charge in [0.2, 0.25) is 12.7 Å². The van der Waals surface area contributed by atoms with Gasteiger partial charge >= 0.3 is 0 Å². The molecule has 0 atom stereocenters. The Kier molecular flexibility index (Phi) is 5.52. The van der Waals surface area contributed by atoms with E-state index < -0.39 is 0 Å². The molecule has 2 aromatic carbocycles. The number of nitrogens with one attached hydrogen (secondary N) is 1. The maximum atomic E-state index is 12.3. The fourth-order valence-corrected chi connectivity index (χ4v) is 4.43. The first kappa shape index (κ1) is 18.2. The fourth-order valence-electron chi connectivity index (χ4n) is 2.51. The zero-order valence-electron chi connectivity index (χ0n) is 14.1. The fraction of sp³-hybridized carbons (Fsp3) is 0.158. The van der Waals surface area contributed by atoms with Crippen LogP contribution in [0.4, 0.5) is 5.69 Å². The number of anilines is 1. The summed E-state index contributed by atoms with van der Waals surface area (Å²) in [5, 5.41) is 5.51. The van der Waals surface area contributed by atoms with Gasteiger partial charge in [0.1, 0.15) is 4.34 Å². The summed E-state index contributed by atoms with van der Waals surface area (Å²) in [4.78, 5) is 16.8. The van der Waals surface area contributed by atoms with Gasteiger partial charge in [0.25, 0.3) is 0 Å². The maximum absolute atomic E-state index is 12.3. The van der Waals surface area contributed by atoms with Crippen LogP contribution in [-0.2, 0) is 17.0 Å². The number of aromatic nitrogens is 1. The van der Waals surface area contributed by atoms with Crippen molar-refractivity contribution in [2.45, 2.75) is 16.5 Å². The summed E-state index contributed by atoms with van der Waals surface area (Å²) in [6.07, 6.45) is 0.229. The number of thiazole rings is 1. The lowest BCUT2D eigenvalue weighted by atomic mass is 10.2. The van der Waals surface area contributed by atoms with Crippen LogP contribution in [0.1, 0.15) is 11.3 Å². The quantitative estimate of drug-likeness (QED) is 0.571. The number of rotatable bonds is 6. The van der Waals surface area contributed by atoms with Crippen molar-refractivity contribution in [1.82, 2.24) is 4.98 Å². The number of benzene rings is 2. The minimum Gasteiger partial charge on any atom is -0.454 e. The highest BCUT2D eigenvalue weighted by atomic mass is 35.5. The molecule has 0 fully saturated rings. The Labute approximate surface area is 169 Å². The summed E-state index contributed by atoms with van der Waals surface area (Å²) in [6.45, 7) is 0.210. The van der Waals surface area contributed by atoms with Crippen LogP contribution in [0.5, 0.6) is 11.5 Å². The molecule has 5 nitrogen and oxygen atoms in total. The molecule has 0 saturated heterocycles. The molecular weight excluding hydrogens is 404 g/mol. The summed E-state index contributed by atoms with van der Waals surface area (Å²) in [5.74, 6) is 2.03. The number of ether oxygens (including phenoxy) is 2. The number of carbonyl (C=O) groups is 1. The third kappa shape index (κ3) is 4.74. The van der Waals surface area contributed by atoms with E-state index in [4.69, 9.17) is 21.1 Å². The van der Waals surface area contributed by atoms with Crippen molar-refractivity contribution in [2.24, 2.45) is 0 Å². The molecule has 1 aromatic heterocycles. The Morgan fingerprint density at radius 1 is 1.19 bits per heavy atom. The molecule has 0 unspecified atom stereocenters. The first-order valence-electron chi connectivity index (χ1n) is 8.17. The standard InChI is InChI=1S/C19H15ClN2O3S2/c20-13-3-1-12(2-4-13)9-26-19-22-15(10-27-19)8-18(23)21-14-5-6-16-17(7-14)25-11-24-16/h1-7,10H,8-9,11H2,(H,21,23). The third-order valence-corrected chi connectivity index (χ3v) is 6.20. The Hall–Kier alpha value is -2.22. The van der Waals surface area contributed by atoms with Gasteiger partial charge in [0.05, 0.1) is 12.1 Å². The Morgan fingerprint density at radius 2 is 2.00 bits per heavy atom. The predicted molar refractivity (Wildman–Crippen MR) is 108 cm³/mol. The first-order valence-corrected chi connectivity index (χ1v) is 10.4. The molecule has 138 valence electrons. The van der Waals surface area contributed by atoms with Crippen molar-refractivity contribution in [3.05, 3.63) is 64.1 Å². The van der Waals surface area contributed by atoms with Gasteiger partial charge in [-0.15, -0.1) is 11.3 Å². The van der Waals surface area contributed by atoms with E-state index in [1.54, 1.807) is 41.3 Å². The summed E-state index contributed by atoms with van der Waals surface area (Å²) < 4.78 is 11.5. The van der Waals surface area contributed by atoms with Crippen LogP contribution in [0.2, 0.25) is 5.02 Å². The average molecular weight is 419 g/mol. The van der Waals surface area contributed by atoms with Crippen LogP contribution in [0.3, 0.4) is 0 Å². The largest absolute Gasteiger partial charge is 0.454 e. The van der Waals surface area contributed by atoms with Crippen molar-refractivity contribution >= 4 is 46.3 Å². The highest BCUT2D eigenvalue weighted by Crippen LogP contribution is 2.34. The highest BCUT2D eigenvalue weighted by Gasteiger charge is 2.15. The van der Waals surface area contributed by atoms with E-state index in [1.165, 1.54) is 5.56 Å². The highest BCUT2D eigenvalue weighted by molar-refractivity contribution is 8.00. The lowest BCUT2D eigenvalue weighted by Gasteiger charge is -2.05. The van der Waals surface area contributed by atoms with Gasteiger partial charge < -0.3 is 14.8 Å². The van der Waals surface area contributed by atoms with Crippen LogP contribution in [0.25, 0.3) is 0 Å². The molecule has 0 aliphatic carbocycles. The van der Waals surface area contributed by atoms with E-state index in [1.807, 2.05) is 29.6 Å². The third-order valence-electron chi connectivity index (χ3n) is 3.80. The van der Waals surface area contributed by atoms with Crippen molar-refractivity contribution in [3.8, 4) is 11.5 Å². The van der Waals surface area contributed by atoms with Gasteiger partial charge in [-0.05, 0) is 29.8 Å². The molecule has 0 saturated carbocycles. The molecule has 3 aromatic rings. The SMILES string of the molecule is O=C(Cc1csc(SCc2ccc(Cl)cc2)n1)Nc1ccc2c(c1)OCO2. The van der Waals surface area contributed by atoms with E-state index in [-0.39, 0.29) is 19.1 Å². The Morgan fingerprint density at radius 3 is 2.85 bits per heavy atom. The Balaban J connectivity index is 1.30. The van der Waals surface area contributed by atoms with E-state index in [0.717, 1.165) is 20.8 Å². The number of thioether (sulfide) groups is 1. The van der Waals surface area contributed by atoms with Gasteiger partial charge in [0.15, 0.2) is 11.5 Å². The predicted octanol–water partition coefficient (Wildman–Crippen LogP) is 5.00. The minimum absolute atomic E-state index is 0.117. The zero-order valence-corrected chi connectivity index (χ0v) is 16.5. The number of hydrogen-bond donors (Lipinski definition) is 1. The molecule has 0 bridgehead atoms. The Bertz CT molecular complexity index is 960. The number of nitrogens with zero attached hydrogens (tertiary/aromatic N) is 1. The number of carbonyl (C=O) groups excluding carboxylic acids is 1. The second kappa shape index (κ2) is 8.21. The lowest BCUT2D eigenvalue weighted by molar-refractivity contribution is -0.115. The van der Waals surface area contributed by atoms with Crippen molar-refractivity contribution in [2.75, 3.05) is 12.1 Å². The van der Waals surface area contributed by atoms with Gasteiger partial charge in [-0.25, -0.2) is 4.98 Å². The van der Waals surface area contributed by atoms with Crippen molar-refractivity contribution < 1.29 is 14.3 Å². The molecular formula is C19H15ClN2O3S2. The van der Waals surface area contributed by atoms with E-state index in [9.17, 15) is 4.79 Å². The van der Waals surface area contributed by atoms with E-state index >= 15 is 0 Å². The first-order chi connectivity index (χ1) is 13.2. The molecule has 1 N–H and O–H groups in total. The van der Waals surface area contributed by atoms with Gasteiger partial charge in [0, 0.05) is 27.9 Å².